The molecular weight excluding hydrogens is 224 g/mol. The van der Waals surface area contributed by atoms with Crippen LogP contribution in [0.3, 0.4) is 0 Å². The molecule has 0 radical (unpaired) electrons. The van der Waals surface area contributed by atoms with E-state index in [1.807, 2.05) is 13.8 Å². The summed E-state index contributed by atoms with van der Waals surface area (Å²) in [6.07, 6.45) is 1.21. The predicted molar refractivity (Wildman–Crippen MR) is 66.0 cm³/mol. The molecule has 0 spiro atoms. The molecule has 16 heavy (non-hydrogen) atoms. The van der Waals surface area contributed by atoms with E-state index in [-0.39, 0.29) is 0 Å². The lowest BCUT2D eigenvalue weighted by molar-refractivity contribution is 0.282. The Labute approximate surface area is 102 Å². The van der Waals surface area contributed by atoms with Crippen LogP contribution in [0.5, 0.6) is 0 Å². The topological polar surface area (TPSA) is 28.4 Å². The molecule has 0 aliphatic carbocycles. The zero-order chi connectivity index (χ0) is 11.5. The number of rotatable bonds is 2. The molecule has 90 valence electrons. The first kappa shape index (κ1) is 12.0. The normalized spacial score (nSPS) is 18.7. The molecule has 1 aromatic heterocycles. The van der Waals surface area contributed by atoms with Crippen LogP contribution >= 0.6 is 11.6 Å². The van der Waals surface area contributed by atoms with Gasteiger partial charge in [0.15, 0.2) is 5.22 Å². The largest absolute Gasteiger partial charge is 0.449 e. The molecule has 0 amide bonds. The Morgan fingerprint density at radius 1 is 1.31 bits per heavy atom. The molecule has 1 aromatic rings. The summed E-state index contributed by atoms with van der Waals surface area (Å²) in [7, 11) is 0. The molecule has 1 N–H and O–H groups in total. The molecule has 0 saturated carbocycles. The highest BCUT2D eigenvalue weighted by atomic mass is 35.5. The maximum Gasteiger partial charge on any atom is 0.196 e. The van der Waals surface area contributed by atoms with Crippen molar-refractivity contribution in [3.63, 3.8) is 0 Å². The summed E-state index contributed by atoms with van der Waals surface area (Å²) in [5, 5.41) is 3.95. The molecule has 2 heterocycles. The maximum absolute atomic E-state index is 5.99. The van der Waals surface area contributed by atoms with Crippen molar-refractivity contribution < 1.29 is 4.42 Å². The van der Waals surface area contributed by atoms with Crippen LogP contribution in [0.15, 0.2) is 4.42 Å². The summed E-state index contributed by atoms with van der Waals surface area (Å²) in [6.45, 7) is 9.42. The molecular formula is C12H19ClN2O. The van der Waals surface area contributed by atoms with Crippen molar-refractivity contribution in [2.75, 3.05) is 26.2 Å². The van der Waals surface area contributed by atoms with Gasteiger partial charge in [0, 0.05) is 30.8 Å². The highest BCUT2D eigenvalue weighted by Gasteiger charge is 2.16. The molecule has 3 nitrogen and oxygen atoms in total. The van der Waals surface area contributed by atoms with Gasteiger partial charge in [-0.2, -0.15) is 0 Å². The number of hydrogen-bond donors (Lipinski definition) is 1. The Kier molecular flexibility index (Phi) is 3.90. The highest BCUT2D eigenvalue weighted by Crippen LogP contribution is 2.26. The van der Waals surface area contributed by atoms with Crippen molar-refractivity contribution in [3.05, 3.63) is 22.1 Å². The Bertz CT molecular complexity index is 354. The zero-order valence-electron chi connectivity index (χ0n) is 9.98. The van der Waals surface area contributed by atoms with E-state index in [9.17, 15) is 0 Å². The van der Waals surface area contributed by atoms with Gasteiger partial charge in [-0.25, -0.2) is 0 Å². The number of hydrogen-bond acceptors (Lipinski definition) is 3. The smallest absolute Gasteiger partial charge is 0.196 e. The number of nitrogens with zero attached hydrogens (tertiary/aromatic N) is 1. The molecule has 1 aliphatic rings. The fourth-order valence-electron chi connectivity index (χ4n) is 2.17. The second-order valence-electron chi connectivity index (χ2n) is 4.42. The van der Waals surface area contributed by atoms with Crippen molar-refractivity contribution in [1.82, 2.24) is 10.2 Å². The SMILES string of the molecule is Cc1oc(Cl)c(C)c1CN1CCCNCC1. The molecule has 0 aromatic carbocycles. The first-order chi connectivity index (χ1) is 7.68. The first-order valence-electron chi connectivity index (χ1n) is 5.86. The third-order valence-electron chi connectivity index (χ3n) is 3.23. The molecule has 1 fully saturated rings. The zero-order valence-corrected chi connectivity index (χ0v) is 10.7. The van der Waals surface area contributed by atoms with Crippen molar-refractivity contribution in [2.45, 2.75) is 26.8 Å². The lowest BCUT2D eigenvalue weighted by Gasteiger charge is -2.19. The number of halogens is 1. The van der Waals surface area contributed by atoms with E-state index < -0.39 is 0 Å². The molecule has 2 rings (SSSR count). The first-order valence-corrected chi connectivity index (χ1v) is 6.23. The van der Waals surface area contributed by atoms with Crippen LogP contribution in [0, 0.1) is 13.8 Å². The summed E-state index contributed by atoms with van der Waals surface area (Å²) >= 11 is 5.99. The number of aryl methyl sites for hydroxylation is 1. The summed E-state index contributed by atoms with van der Waals surface area (Å²) in [5.41, 5.74) is 2.35. The number of nitrogens with one attached hydrogen (secondary N) is 1. The lowest BCUT2D eigenvalue weighted by atomic mass is 10.1. The van der Waals surface area contributed by atoms with E-state index in [4.69, 9.17) is 16.0 Å². The van der Waals surface area contributed by atoms with Crippen LogP contribution in [-0.2, 0) is 6.54 Å². The Hall–Kier alpha value is -0.510. The van der Waals surface area contributed by atoms with Crippen LogP contribution in [0.1, 0.15) is 23.3 Å². The van der Waals surface area contributed by atoms with Gasteiger partial charge in [0.25, 0.3) is 0 Å². The van der Waals surface area contributed by atoms with E-state index in [1.165, 1.54) is 12.0 Å². The maximum atomic E-state index is 5.99. The third kappa shape index (κ3) is 2.59. The van der Waals surface area contributed by atoms with Gasteiger partial charge < -0.3 is 9.73 Å². The minimum Gasteiger partial charge on any atom is -0.449 e. The van der Waals surface area contributed by atoms with Crippen LogP contribution < -0.4 is 5.32 Å². The van der Waals surface area contributed by atoms with Gasteiger partial charge in [-0.05, 0) is 45.0 Å². The van der Waals surface area contributed by atoms with E-state index in [0.29, 0.717) is 5.22 Å². The van der Waals surface area contributed by atoms with E-state index in [1.54, 1.807) is 0 Å². The molecule has 0 atom stereocenters. The molecule has 1 aliphatic heterocycles. The van der Waals surface area contributed by atoms with Gasteiger partial charge >= 0.3 is 0 Å². The second kappa shape index (κ2) is 5.21. The van der Waals surface area contributed by atoms with Crippen molar-refractivity contribution in [2.24, 2.45) is 0 Å². The quantitative estimate of drug-likeness (QED) is 0.863. The highest BCUT2D eigenvalue weighted by molar-refractivity contribution is 6.29. The summed E-state index contributed by atoms with van der Waals surface area (Å²) in [4.78, 5) is 2.46. The monoisotopic (exact) mass is 242 g/mol. The summed E-state index contributed by atoms with van der Waals surface area (Å²) < 4.78 is 5.44. The molecule has 0 unspecified atom stereocenters. The fourth-order valence-corrected chi connectivity index (χ4v) is 2.40. The molecule has 4 heteroatoms. The van der Waals surface area contributed by atoms with Gasteiger partial charge in [0.1, 0.15) is 5.76 Å². The molecule has 0 bridgehead atoms. The lowest BCUT2D eigenvalue weighted by Crippen LogP contribution is -2.28. The van der Waals surface area contributed by atoms with Crippen molar-refractivity contribution >= 4 is 11.6 Å². The average molecular weight is 243 g/mol. The molecule has 1 saturated heterocycles. The van der Waals surface area contributed by atoms with Gasteiger partial charge in [-0.1, -0.05) is 0 Å². The van der Waals surface area contributed by atoms with E-state index >= 15 is 0 Å². The van der Waals surface area contributed by atoms with Crippen LogP contribution in [0.4, 0.5) is 0 Å². The summed E-state index contributed by atoms with van der Waals surface area (Å²) in [5.74, 6) is 0.958. The van der Waals surface area contributed by atoms with Crippen molar-refractivity contribution in [1.29, 1.82) is 0 Å². The van der Waals surface area contributed by atoms with Crippen LogP contribution in [-0.4, -0.2) is 31.1 Å². The Morgan fingerprint density at radius 3 is 2.81 bits per heavy atom. The Balaban J connectivity index is 2.07. The van der Waals surface area contributed by atoms with Gasteiger partial charge in [0.2, 0.25) is 0 Å². The predicted octanol–water partition coefficient (Wildman–Crippen LogP) is 2.35. The van der Waals surface area contributed by atoms with Gasteiger partial charge in [-0.3, -0.25) is 4.90 Å². The fraction of sp³-hybridized carbons (Fsp3) is 0.667. The minimum atomic E-state index is 0.542. The Morgan fingerprint density at radius 2 is 2.12 bits per heavy atom. The third-order valence-corrected chi connectivity index (χ3v) is 3.59. The van der Waals surface area contributed by atoms with E-state index in [0.717, 1.165) is 44.0 Å². The standard InChI is InChI=1S/C12H19ClN2O/c1-9-11(10(2)16-12(9)13)8-15-6-3-4-14-5-7-15/h14H,3-8H2,1-2H3. The van der Waals surface area contributed by atoms with Crippen molar-refractivity contribution in [3.8, 4) is 0 Å². The summed E-state index contributed by atoms with van der Waals surface area (Å²) in [6, 6.07) is 0. The number of furan rings is 1. The van der Waals surface area contributed by atoms with Crippen LogP contribution in [0.25, 0.3) is 0 Å². The average Bonchev–Trinajstić information content (AvgIpc) is 2.51. The van der Waals surface area contributed by atoms with Crippen LogP contribution in [0.2, 0.25) is 5.22 Å². The van der Waals surface area contributed by atoms with Gasteiger partial charge in [0.05, 0.1) is 0 Å². The second-order valence-corrected chi connectivity index (χ2v) is 4.76. The minimum absolute atomic E-state index is 0.542. The van der Waals surface area contributed by atoms with Gasteiger partial charge in [-0.15, -0.1) is 0 Å². The van der Waals surface area contributed by atoms with E-state index in [2.05, 4.69) is 10.2 Å².